The lowest BCUT2D eigenvalue weighted by molar-refractivity contribution is -0.139. The molecule has 3 N–H and O–H groups in total. The first-order valence-corrected chi connectivity index (χ1v) is 15.1. The highest BCUT2D eigenvalue weighted by molar-refractivity contribution is 9.10. The van der Waals surface area contributed by atoms with Gasteiger partial charge in [0.05, 0.1) is 43.1 Å². The Morgan fingerprint density at radius 2 is 1.83 bits per heavy atom. The minimum absolute atomic E-state index is 0.178. The zero-order chi connectivity index (χ0) is 33.2. The van der Waals surface area contributed by atoms with E-state index in [1.807, 2.05) is 18.2 Å². The summed E-state index contributed by atoms with van der Waals surface area (Å²) in [5, 5.41) is 9.95. The molecule has 1 aliphatic heterocycles. The number of amides is 3. The fraction of sp³-hybridized carbons (Fsp3) is 0.250. The van der Waals surface area contributed by atoms with Gasteiger partial charge in [0.2, 0.25) is 0 Å². The first kappa shape index (κ1) is 34.1. The van der Waals surface area contributed by atoms with E-state index in [1.165, 1.54) is 20.4 Å². The lowest BCUT2D eigenvalue weighted by Crippen LogP contribution is -2.45. The Labute approximate surface area is 279 Å². The zero-order valence-electron chi connectivity index (χ0n) is 25.4. The van der Waals surface area contributed by atoms with Gasteiger partial charge >= 0.3 is 12.0 Å². The van der Waals surface area contributed by atoms with Crippen molar-refractivity contribution < 1.29 is 38.1 Å². The number of rotatable bonds is 13. The first-order valence-electron chi connectivity index (χ1n) is 14.0. The van der Waals surface area contributed by atoms with E-state index in [2.05, 4.69) is 37.1 Å². The molecule has 3 aromatic rings. The van der Waals surface area contributed by atoms with E-state index in [9.17, 15) is 14.4 Å². The summed E-state index contributed by atoms with van der Waals surface area (Å²) in [5.41, 5.74) is 5.15. The Balaban J connectivity index is 1.37. The van der Waals surface area contributed by atoms with Crippen LogP contribution in [-0.2, 0) is 20.9 Å². The van der Waals surface area contributed by atoms with Crippen LogP contribution in [0.4, 0.5) is 4.79 Å². The third kappa shape index (κ3) is 8.70. The summed E-state index contributed by atoms with van der Waals surface area (Å²) in [6, 6.07) is 14.4. The quantitative estimate of drug-likeness (QED) is 0.121. The number of methoxy groups -OCH3 is 2. The lowest BCUT2D eigenvalue weighted by atomic mass is 9.95. The summed E-state index contributed by atoms with van der Waals surface area (Å²) in [4.78, 5) is 37.3. The fourth-order valence-electron chi connectivity index (χ4n) is 4.50. The number of nitrogens with zero attached hydrogens (tertiary/aromatic N) is 1. The molecule has 242 valence electrons. The van der Waals surface area contributed by atoms with Crippen LogP contribution in [0.25, 0.3) is 0 Å². The molecule has 0 aromatic heterocycles. The highest BCUT2D eigenvalue weighted by Crippen LogP contribution is 2.37. The van der Waals surface area contributed by atoms with Crippen molar-refractivity contribution >= 4 is 51.7 Å². The third-order valence-electron chi connectivity index (χ3n) is 6.57. The van der Waals surface area contributed by atoms with Crippen LogP contribution in [0.5, 0.6) is 23.0 Å². The standard InChI is InChI=1S/C32H32BrClN4O8/c1-5-44-31(40)28-18(2)36-32(41)37-29(28)21-9-10-24(25(14-21)42-3)45-17-27(39)38-35-15-20-12-23(33)30(26(13-20)43-4)46-16-19-7-6-8-22(34)11-19/h6-15,29H,5,16-17H2,1-4H3,(H,38,39)(H2,36,37,41)/b35-15+/t29-/m1/s1. The van der Waals surface area contributed by atoms with Crippen LogP contribution in [0, 0.1) is 0 Å². The maximum Gasteiger partial charge on any atom is 0.338 e. The average molecular weight is 716 g/mol. The number of nitrogens with one attached hydrogen (secondary N) is 3. The molecule has 0 fully saturated rings. The van der Waals surface area contributed by atoms with Gasteiger partial charge in [-0.05, 0) is 82.9 Å². The van der Waals surface area contributed by atoms with Crippen LogP contribution >= 0.6 is 27.5 Å². The number of halogens is 2. The molecule has 0 radical (unpaired) electrons. The Kier molecular flexibility index (Phi) is 11.9. The van der Waals surface area contributed by atoms with Crippen molar-refractivity contribution in [2.24, 2.45) is 5.10 Å². The van der Waals surface area contributed by atoms with Crippen LogP contribution in [0.15, 0.2) is 75.4 Å². The molecule has 0 bridgehead atoms. The second-order valence-electron chi connectivity index (χ2n) is 9.74. The smallest absolute Gasteiger partial charge is 0.338 e. The number of ether oxygens (including phenoxy) is 5. The van der Waals surface area contributed by atoms with Gasteiger partial charge in [0.1, 0.15) is 6.61 Å². The van der Waals surface area contributed by atoms with Gasteiger partial charge in [0, 0.05) is 10.7 Å². The SMILES string of the molecule is CCOC(=O)C1=C(C)NC(=O)N[C@@H]1c1ccc(OCC(=O)N/N=C/c2cc(Br)c(OCc3cccc(Cl)c3)c(OC)c2)c(OC)c1. The summed E-state index contributed by atoms with van der Waals surface area (Å²) >= 11 is 9.56. The van der Waals surface area contributed by atoms with E-state index in [4.69, 9.17) is 35.3 Å². The minimum atomic E-state index is -0.782. The second-order valence-corrected chi connectivity index (χ2v) is 11.0. The number of hydrogen-bond donors (Lipinski definition) is 3. The van der Waals surface area contributed by atoms with E-state index >= 15 is 0 Å². The van der Waals surface area contributed by atoms with Crippen LogP contribution < -0.4 is 35.0 Å². The molecule has 3 aromatic carbocycles. The van der Waals surface area contributed by atoms with Crippen LogP contribution in [0.3, 0.4) is 0 Å². The molecule has 46 heavy (non-hydrogen) atoms. The van der Waals surface area contributed by atoms with Gasteiger partial charge in [-0.2, -0.15) is 5.10 Å². The predicted molar refractivity (Wildman–Crippen MR) is 174 cm³/mol. The van der Waals surface area contributed by atoms with Crippen molar-refractivity contribution in [3.05, 3.63) is 92.1 Å². The van der Waals surface area contributed by atoms with Crippen molar-refractivity contribution in [1.29, 1.82) is 0 Å². The van der Waals surface area contributed by atoms with Crippen molar-refractivity contribution in [1.82, 2.24) is 16.1 Å². The van der Waals surface area contributed by atoms with E-state index in [-0.39, 0.29) is 36.9 Å². The molecule has 0 unspecified atom stereocenters. The van der Waals surface area contributed by atoms with Gasteiger partial charge in [-0.3, -0.25) is 4.79 Å². The minimum Gasteiger partial charge on any atom is -0.493 e. The third-order valence-corrected chi connectivity index (χ3v) is 7.40. The summed E-state index contributed by atoms with van der Waals surface area (Å²) in [7, 11) is 2.96. The molecule has 0 spiro atoms. The Hall–Kier alpha value is -4.75. The zero-order valence-corrected chi connectivity index (χ0v) is 27.8. The van der Waals surface area contributed by atoms with E-state index in [1.54, 1.807) is 50.2 Å². The van der Waals surface area contributed by atoms with Crippen LogP contribution in [0.2, 0.25) is 5.02 Å². The molecular weight excluding hydrogens is 684 g/mol. The molecule has 4 rings (SSSR count). The summed E-state index contributed by atoms with van der Waals surface area (Å²) in [6.07, 6.45) is 1.45. The largest absolute Gasteiger partial charge is 0.493 e. The normalized spacial score (nSPS) is 14.3. The number of esters is 1. The van der Waals surface area contributed by atoms with Crippen LogP contribution in [-0.4, -0.2) is 51.6 Å². The molecule has 3 amide bonds. The molecule has 1 atom stereocenters. The predicted octanol–water partition coefficient (Wildman–Crippen LogP) is 5.42. The average Bonchev–Trinajstić information content (AvgIpc) is 3.02. The summed E-state index contributed by atoms with van der Waals surface area (Å²) in [5.74, 6) is 0.444. The second kappa shape index (κ2) is 16.0. The van der Waals surface area contributed by atoms with Crippen molar-refractivity contribution in [3.63, 3.8) is 0 Å². The number of hydrogen-bond acceptors (Lipinski definition) is 9. The Bertz CT molecular complexity index is 1680. The van der Waals surface area contributed by atoms with Crippen molar-refractivity contribution in [3.8, 4) is 23.0 Å². The Morgan fingerprint density at radius 3 is 2.54 bits per heavy atom. The van der Waals surface area contributed by atoms with Crippen molar-refractivity contribution in [2.75, 3.05) is 27.4 Å². The lowest BCUT2D eigenvalue weighted by Gasteiger charge is -2.28. The summed E-state index contributed by atoms with van der Waals surface area (Å²) in [6.45, 7) is 3.41. The molecule has 0 saturated heterocycles. The highest BCUT2D eigenvalue weighted by Gasteiger charge is 2.32. The van der Waals surface area contributed by atoms with Gasteiger partial charge in [0.15, 0.2) is 29.6 Å². The number of urea groups is 1. The van der Waals surface area contributed by atoms with Crippen molar-refractivity contribution in [2.45, 2.75) is 26.5 Å². The number of carbonyl (C=O) groups is 3. The number of allylic oxidation sites excluding steroid dienone is 1. The molecule has 14 heteroatoms. The first-order chi connectivity index (χ1) is 22.1. The monoisotopic (exact) mass is 714 g/mol. The van der Waals surface area contributed by atoms with Gasteiger partial charge in [-0.25, -0.2) is 15.0 Å². The van der Waals surface area contributed by atoms with E-state index in [0.29, 0.717) is 37.8 Å². The molecule has 0 aliphatic carbocycles. The molecular formula is C32H32BrClN4O8. The number of benzene rings is 3. The molecule has 12 nitrogen and oxygen atoms in total. The molecule has 1 heterocycles. The maximum absolute atomic E-state index is 12.6. The maximum atomic E-state index is 12.6. The summed E-state index contributed by atoms with van der Waals surface area (Å²) < 4.78 is 28.4. The topological polar surface area (TPSA) is 146 Å². The number of hydrazone groups is 1. The van der Waals surface area contributed by atoms with Gasteiger partial charge < -0.3 is 34.3 Å². The number of carbonyl (C=O) groups excluding carboxylic acids is 3. The molecule has 1 aliphatic rings. The Morgan fingerprint density at radius 1 is 1.04 bits per heavy atom. The van der Waals surface area contributed by atoms with Gasteiger partial charge in [-0.15, -0.1) is 0 Å². The van der Waals surface area contributed by atoms with E-state index < -0.39 is 23.9 Å². The van der Waals surface area contributed by atoms with E-state index in [0.717, 1.165) is 5.56 Å². The van der Waals surface area contributed by atoms with Gasteiger partial charge in [-0.1, -0.05) is 29.8 Å². The fourth-order valence-corrected chi connectivity index (χ4v) is 5.28. The van der Waals surface area contributed by atoms with Crippen LogP contribution in [0.1, 0.15) is 36.6 Å². The highest BCUT2D eigenvalue weighted by atomic mass is 79.9. The van der Waals surface area contributed by atoms with Gasteiger partial charge in [0.25, 0.3) is 5.91 Å². The molecule has 0 saturated carbocycles.